The fourth-order valence-corrected chi connectivity index (χ4v) is 5.82. The van der Waals surface area contributed by atoms with Crippen LogP contribution in [0.15, 0.2) is 65.4 Å². The van der Waals surface area contributed by atoms with E-state index in [0.717, 1.165) is 38.0 Å². The zero-order chi connectivity index (χ0) is 26.9. The molecule has 5 heterocycles. The number of halogens is 2. The van der Waals surface area contributed by atoms with Gasteiger partial charge < -0.3 is 9.88 Å². The number of pyridine rings is 1. The lowest BCUT2D eigenvalue weighted by Crippen LogP contribution is -2.59. The Morgan fingerprint density at radius 2 is 1.97 bits per heavy atom. The van der Waals surface area contributed by atoms with Crippen LogP contribution in [0.25, 0.3) is 33.7 Å². The van der Waals surface area contributed by atoms with Crippen molar-refractivity contribution in [2.45, 2.75) is 19.3 Å². The highest BCUT2D eigenvalue weighted by Crippen LogP contribution is 2.35. The second kappa shape index (κ2) is 8.72. The monoisotopic (exact) mass is 601 g/mol. The Morgan fingerprint density at radius 3 is 2.77 bits per heavy atom. The number of likely N-dealkylation sites (tertiary alicyclic amines) is 1. The smallest absolute Gasteiger partial charge is 0.255 e. The lowest BCUT2D eigenvalue weighted by atomic mass is 9.79. The first kappa shape index (κ1) is 24.0. The average molecular weight is 603 g/mol. The van der Waals surface area contributed by atoms with Gasteiger partial charge in [-0.15, -0.1) is 5.10 Å². The maximum Gasteiger partial charge on any atom is 0.255 e. The number of aromatic amines is 1. The molecule has 0 unspecified atom stereocenters. The SMILES string of the molecule is Cc1nn(-c2nc3ccccc3[nH]2)c2ncc(C(=O)N3CC(C)(c4cn(-c5ccc(Br)cc5Cl)nn4)C3)cc12. The number of benzene rings is 2. The van der Waals surface area contributed by atoms with E-state index in [-0.39, 0.29) is 11.3 Å². The molecule has 0 atom stereocenters. The molecule has 4 aromatic heterocycles. The molecule has 39 heavy (non-hydrogen) atoms. The van der Waals surface area contributed by atoms with Gasteiger partial charge in [-0.25, -0.2) is 14.6 Å². The number of para-hydroxylation sites is 2. The lowest BCUT2D eigenvalue weighted by Gasteiger charge is -2.46. The molecular weight excluding hydrogens is 582 g/mol. The fraction of sp³-hybridized carbons (Fsp3) is 0.185. The molecule has 10 nitrogen and oxygen atoms in total. The zero-order valence-electron chi connectivity index (χ0n) is 20.9. The summed E-state index contributed by atoms with van der Waals surface area (Å²) in [6.07, 6.45) is 3.48. The van der Waals surface area contributed by atoms with Gasteiger partial charge in [-0.3, -0.25) is 4.79 Å². The van der Waals surface area contributed by atoms with Crippen LogP contribution in [-0.2, 0) is 5.41 Å². The molecule has 1 N–H and O–H groups in total. The largest absolute Gasteiger partial charge is 0.337 e. The van der Waals surface area contributed by atoms with E-state index in [2.05, 4.69) is 53.2 Å². The molecule has 1 aliphatic rings. The van der Waals surface area contributed by atoms with Gasteiger partial charge in [-0.2, -0.15) is 9.78 Å². The summed E-state index contributed by atoms with van der Waals surface area (Å²) in [7, 11) is 0. The number of H-pyrrole nitrogens is 1. The topological polar surface area (TPSA) is 110 Å². The van der Waals surface area contributed by atoms with Crippen LogP contribution < -0.4 is 0 Å². The molecule has 0 saturated carbocycles. The Morgan fingerprint density at radius 1 is 1.15 bits per heavy atom. The number of imidazole rings is 1. The van der Waals surface area contributed by atoms with Gasteiger partial charge in [-0.05, 0) is 43.3 Å². The van der Waals surface area contributed by atoms with E-state index >= 15 is 0 Å². The van der Waals surface area contributed by atoms with Gasteiger partial charge in [0.15, 0.2) is 5.65 Å². The van der Waals surface area contributed by atoms with Crippen LogP contribution in [0.5, 0.6) is 0 Å². The first-order chi connectivity index (χ1) is 18.8. The van der Waals surface area contributed by atoms with E-state index < -0.39 is 0 Å². The van der Waals surface area contributed by atoms with Crippen LogP contribution in [0.1, 0.15) is 28.7 Å². The maximum absolute atomic E-state index is 13.4. The van der Waals surface area contributed by atoms with Gasteiger partial charge in [0.05, 0.1) is 44.9 Å². The van der Waals surface area contributed by atoms with Crippen LogP contribution in [-0.4, -0.2) is 63.6 Å². The number of amides is 1. The maximum atomic E-state index is 13.4. The Hall–Kier alpha value is -4.09. The lowest BCUT2D eigenvalue weighted by molar-refractivity contribution is 0.0423. The first-order valence-corrected chi connectivity index (χ1v) is 13.4. The molecule has 2 aromatic carbocycles. The third kappa shape index (κ3) is 3.92. The van der Waals surface area contributed by atoms with Crippen LogP contribution in [0.3, 0.4) is 0 Å². The van der Waals surface area contributed by atoms with E-state index in [0.29, 0.717) is 35.3 Å². The van der Waals surface area contributed by atoms with Gasteiger partial charge >= 0.3 is 0 Å². The molecule has 0 spiro atoms. The molecule has 0 bridgehead atoms. The summed E-state index contributed by atoms with van der Waals surface area (Å²) in [5, 5.41) is 14.7. The molecule has 0 radical (unpaired) electrons. The minimum absolute atomic E-state index is 0.0823. The summed E-state index contributed by atoms with van der Waals surface area (Å²) in [6.45, 7) is 5.03. The summed E-state index contributed by atoms with van der Waals surface area (Å²) in [4.78, 5) is 27.7. The highest BCUT2D eigenvalue weighted by molar-refractivity contribution is 9.10. The molecule has 6 aromatic rings. The Bertz CT molecular complexity index is 1880. The summed E-state index contributed by atoms with van der Waals surface area (Å²) >= 11 is 9.81. The van der Waals surface area contributed by atoms with Gasteiger partial charge in [0.1, 0.15) is 0 Å². The standard InChI is InChI=1S/C27H21BrClN9O/c1-15-18-9-16(11-30-24(18)38(34-15)26-31-20-5-3-4-6-21(20)32-26)25(39)36-13-27(2,14-36)23-12-37(35-33-23)22-8-7-17(28)10-19(22)29/h3-12H,13-14H2,1-2H3,(H,31,32). The Balaban J connectivity index is 1.12. The van der Waals surface area contributed by atoms with Crippen LogP contribution in [0, 0.1) is 6.92 Å². The highest BCUT2D eigenvalue weighted by atomic mass is 79.9. The number of aryl methyl sites for hydroxylation is 1. The predicted octanol–water partition coefficient (Wildman–Crippen LogP) is 5.02. The van der Waals surface area contributed by atoms with Crippen LogP contribution in [0.2, 0.25) is 5.02 Å². The highest BCUT2D eigenvalue weighted by Gasteiger charge is 2.45. The van der Waals surface area contributed by atoms with Crippen molar-refractivity contribution >= 4 is 55.5 Å². The van der Waals surface area contributed by atoms with Crippen molar-refractivity contribution in [1.82, 2.24) is 44.6 Å². The van der Waals surface area contributed by atoms with Crippen molar-refractivity contribution < 1.29 is 4.79 Å². The fourth-order valence-electron chi connectivity index (χ4n) is 5.06. The predicted molar refractivity (Wildman–Crippen MR) is 151 cm³/mol. The summed E-state index contributed by atoms with van der Waals surface area (Å²) < 4.78 is 4.24. The van der Waals surface area contributed by atoms with Crippen molar-refractivity contribution in [2.75, 3.05) is 13.1 Å². The van der Waals surface area contributed by atoms with E-state index in [4.69, 9.17) is 11.6 Å². The third-order valence-corrected chi connectivity index (χ3v) is 7.96. The number of fused-ring (bicyclic) bond motifs is 2. The molecule has 1 fully saturated rings. The Kier molecular flexibility index (Phi) is 5.36. The summed E-state index contributed by atoms with van der Waals surface area (Å²) in [6, 6.07) is 15.3. The van der Waals surface area contributed by atoms with E-state index in [1.165, 1.54) is 0 Å². The molecule has 0 aliphatic carbocycles. The molecule has 7 rings (SSSR count). The number of aromatic nitrogens is 8. The third-order valence-electron chi connectivity index (χ3n) is 7.17. The average Bonchev–Trinajstić information content (AvgIpc) is 3.64. The van der Waals surface area contributed by atoms with Crippen LogP contribution >= 0.6 is 27.5 Å². The first-order valence-electron chi connectivity index (χ1n) is 12.3. The van der Waals surface area contributed by atoms with Crippen molar-refractivity contribution in [2.24, 2.45) is 0 Å². The zero-order valence-corrected chi connectivity index (χ0v) is 23.3. The quantitative estimate of drug-likeness (QED) is 0.304. The van der Waals surface area contributed by atoms with Gasteiger partial charge in [0.2, 0.25) is 5.95 Å². The minimum Gasteiger partial charge on any atom is -0.337 e. The van der Waals surface area contributed by atoms with E-state index in [9.17, 15) is 4.79 Å². The van der Waals surface area contributed by atoms with Crippen molar-refractivity contribution in [3.63, 3.8) is 0 Å². The summed E-state index contributed by atoms with van der Waals surface area (Å²) in [5.41, 5.74) is 4.93. The van der Waals surface area contributed by atoms with Crippen molar-refractivity contribution in [3.05, 3.63) is 87.4 Å². The summed E-state index contributed by atoms with van der Waals surface area (Å²) in [5.74, 6) is 0.498. The number of rotatable bonds is 4. The number of carbonyl (C=O) groups excluding carboxylic acids is 1. The number of nitrogens with zero attached hydrogens (tertiary/aromatic N) is 8. The minimum atomic E-state index is -0.310. The van der Waals surface area contributed by atoms with Gasteiger partial charge in [0.25, 0.3) is 5.91 Å². The number of nitrogens with one attached hydrogen (secondary N) is 1. The Labute approximate surface area is 235 Å². The molecule has 12 heteroatoms. The molecule has 194 valence electrons. The number of hydrogen-bond acceptors (Lipinski definition) is 6. The molecule has 1 saturated heterocycles. The van der Waals surface area contributed by atoms with Crippen molar-refractivity contribution in [3.8, 4) is 11.6 Å². The second-order valence-corrected chi connectivity index (χ2v) is 11.4. The molecule has 1 amide bonds. The van der Waals surface area contributed by atoms with Crippen LogP contribution in [0.4, 0.5) is 0 Å². The second-order valence-electron chi connectivity index (χ2n) is 10.0. The van der Waals surface area contributed by atoms with Gasteiger partial charge in [-0.1, -0.05) is 51.8 Å². The number of carbonyl (C=O) groups is 1. The molecular formula is C27H21BrClN9O. The van der Waals surface area contributed by atoms with E-state index in [1.54, 1.807) is 20.5 Å². The van der Waals surface area contributed by atoms with Crippen molar-refractivity contribution in [1.29, 1.82) is 0 Å². The molecule has 1 aliphatic heterocycles. The number of hydrogen-bond donors (Lipinski definition) is 1. The van der Waals surface area contributed by atoms with E-state index in [1.807, 2.05) is 61.7 Å². The normalized spacial score (nSPS) is 14.7. The van der Waals surface area contributed by atoms with Gasteiger partial charge in [0, 0.05) is 34.6 Å².